The van der Waals surface area contributed by atoms with Gasteiger partial charge in [0, 0.05) is 5.38 Å². The van der Waals surface area contributed by atoms with Crippen molar-refractivity contribution in [1.82, 2.24) is 10.3 Å². The summed E-state index contributed by atoms with van der Waals surface area (Å²) in [5.41, 5.74) is -0.411. The van der Waals surface area contributed by atoms with Crippen molar-refractivity contribution in [2.75, 3.05) is 0 Å². The molecular weight excluding hydrogens is 304 g/mol. The number of furan rings is 1. The molecule has 2 rings (SSSR count). The number of carboxylic acids is 1. The lowest BCUT2D eigenvalue weighted by molar-refractivity contribution is -0.145. The van der Waals surface area contributed by atoms with Crippen LogP contribution in [0.1, 0.15) is 36.1 Å². The van der Waals surface area contributed by atoms with Crippen molar-refractivity contribution >= 4 is 23.2 Å². The number of carbonyl (C=O) groups is 2. The van der Waals surface area contributed by atoms with E-state index in [2.05, 4.69) is 10.3 Å². The number of aryl methyl sites for hydroxylation is 1. The fourth-order valence-electron chi connectivity index (χ4n) is 1.82. The molecule has 0 radical (unpaired) electrons. The lowest BCUT2D eigenvalue weighted by Crippen LogP contribution is -2.55. The van der Waals surface area contributed by atoms with E-state index < -0.39 is 17.4 Å². The zero-order chi connectivity index (χ0) is 16.5. The first-order valence-electron chi connectivity index (χ1n) is 6.81. The molecule has 0 aliphatic rings. The predicted octanol–water partition coefficient (Wildman–Crippen LogP) is 2.94. The molecule has 0 aliphatic heterocycles. The van der Waals surface area contributed by atoms with E-state index in [0.717, 1.165) is 5.01 Å². The minimum atomic E-state index is -1.34. The highest BCUT2D eigenvalue weighted by Crippen LogP contribution is 2.24. The summed E-state index contributed by atoms with van der Waals surface area (Å²) in [7, 11) is 0. The van der Waals surface area contributed by atoms with E-state index in [9.17, 15) is 14.7 Å². The second kappa shape index (κ2) is 5.92. The van der Waals surface area contributed by atoms with Crippen molar-refractivity contribution in [3.8, 4) is 11.5 Å². The Hall–Kier alpha value is -2.15. The van der Waals surface area contributed by atoms with Gasteiger partial charge in [0.15, 0.2) is 5.76 Å². The largest absolute Gasteiger partial charge is 0.480 e. The fraction of sp³-hybridized carbons (Fsp3) is 0.400. The first-order chi connectivity index (χ1) is 10.2. The van der Waals surface area contributed by atoms with E-state index in [-0.39, 0.29) is 11.5 Å². The molecule has 0 spiro atoms. The van der Waals surface area contributed by atoms with Crippen LogP contribution < -0.4 is 5.32 Å². The molecule has 2 aromatic rings. The van der Waals surface area contributed by atoms with Crippen molar-refractivity contribution < 1.29 is 19.1 Å². The number of thiazole rings is 1. The number of amides is 1. The summed E-state index contributed by atoms with van der Waals surface area (Å²) in [6, 6.07) is 1.56. The topological polar surface area (TPSA) is 92.4 Å². The molecular formula is C15H18N2O4S. The van der Waals surface area contributed by atoms with Gasteiger partial charge in [0.1, 0.15) is 17.5 Å². The number of nitrogens with zero attached hydrogens (tertiary/aromatic N) is 1. The van der Waals surface area contributed by atoms with Crippen molar-refractivity contribution in [2.45, 2.75) is 33.2 Å². The van der Waals surface area contributed by atoms with Crippen LogP contribution in [0.25, 0.3) is 11.5 Å². The summed E-state index contributed by atoms with van der Waals surface area (Å²) >= 11 is 1.49. The minimum absolute atomic E-state index is 0.262. The number of nitrogens with one attached hydrogen (secondary N) is 1. The van der Waals surface area contributed by atoms with Gasteiger partial charge in [-0.2, -0.15) is 0 Å². The maximum Gasteiger partial charge on any atom is 0.329 e. The molecule has 0 aromatic carbocycles. The van der Waals surface area contributed by atoms with E-state index in [1.807, 2.05) is 12.3 Å². The molecule has 0 saturated carbocycles. The number of carboxylic acid groups (broad SMARTS) is 1. The van der Waals surface area contributed by atoms with Crippen LogP contribution in [-0.2, 0) is 4.79 Å². The van der Waals surface area contributed by atoms with Crippen molar-refractivity contribution in [3.63, 3.8) is 0 Å². The van der Waals surface area contributed by atoms with Gasteiger partial charge in [0.25, 0.3) is 5.91 Å². The Labute approximate surface area is 132 Å². The maximum atomic E-state index is 12.3. The molecule has 1 unspecified atom stereocenters. The maximum absolute atomic E-state index is 12.3. The molecule has 0 bridgehead atoms. The smallest absolute Gasteiger partial charge is 0.329 e. The fourth-order valence-corrected chi connectivity index (χ4v) is 2.42. The zero-order valence-corrected chi connectivity index (χ0v) is 13.7. The van der Waals surface area contributed by atoms with Crippen LogP contribution >= 0.6 is 11.3 Å². The minimum Gasteiger partial charge on any atom is -0.480 e. The van der Waals surface area contributed by atoms with Gasteiger partial charge in [-0.05, 0) is 25.8 Å². The van der Waals surface area contributed by atoms with Gasteiger partial charge in [-0.3, -0.25) is 4.79 Å². The molecule has 1 amide bonds. The number of rotatable bonds is 5. The Morgan fingerprint density at radius 2 is 2.14 bits per heavy atom. The van der Waals surface area contributed by atoms with Crippen LogP contribution in [0.15, 0.2) is 22.1 Å². The number of aromatic nitrogens is 1. The average molecular weight is 322 g/mol. The summed E-state index contributed by atoms with van der Waals surface area (Å²) < 4.78 is 5.36. The van der Waals surface area contributed by atoms with E-state index >= 15 is 0 Å². The molecule has 2 aromatic heterocycles. The highest BCUT2D eigenvalue weighted by atomic mass is 32.1. The summed E-state index contributed by atoms with van der Waals surface area (Å²) in [5, 5.41) is 14.6. The van der Waals surface area contributed by atoms with E-state index in [1.165, 1.54) is 24.5 Å². The second-order valence-corrected chi connectivity index (χ2v) is 6.63. The molecule has 7 heteroatoms. The molecule has 22 heavy (non-hydrogen) atoms. The number of hydrogen-bond donors (Lipinski definition) is 2. The van der Waals surface area contributed by atoms with Gasteiger partial charge in [0.05, 0.1) is 10.6 Å². The zero-order valence-electron chi connectivity index (χ0n) is 12.8. The highest BCUT2D eigenvalue weighted by Gasteiger charge is 2.38. The van der Waals surface area contributed by atoms with Gasteiger partial charge < -0.3 is 14.8 Å². The van der Waals surface area contributed by atoms with E-state index in [1.54, 1.807) is 19.9 Å². The summed E-state index contributed by atoms with van der Waals surface area (Å²) in [6.07, 6.45) is 1.31. The number of hydrogen-bond acceptors (Lipinski definition) is 5. The molecule has 0 fully saturated rings. The molecule has 1 atom stereocenters. The predicted molar refractivity (Wildman–Crippen MR) is 82.9 cm³/mol. The van der Waals surface area contributed by atoms with Gasteiger partial charge >= 0.3 is 5.97 Å². The Morgan fingerprint density at radius 1 is 1.45 bits per heavy atom. The highest BCUT2D eigenvalue weighted by molar-refractivity contribution is 7.09. The third-order valence-corrected chi connectivity index (χ3v) is 4.48. The average Bonchev–Trinajstić information content (AvgIpc) is 3.06. The quantitative estimate of drug-likeness (QED) is 0.883. The number of carbonyl (C=O) groups excluding carboxylic acids is 1. The van der Waals surface area contributed by atoms with Gasteiger partial charge in [0.2, 0.25) is 0 Å². The SMILES string of the molecule is Cc1nc(-c2cc(C(=O)NC(C)(C(=O)O)C(C)C)co2)cs1. The molecule has 0 aliphatic carbocycles. The Kier molecular flexibility index (Phi) is 4.37. The van der Waals surface area contributed by atoms with E-state index in [0.29, 0.717) is 11.5 Å². The summed E-state index contributed by atoms with van der Waals surface area (Å²) in [4.78, 5) is 28.0. The number of aliphatic carboxylic acids is 1. The van der Waals surface area contributed by atoms with Crippen LogP contribution in [-0.4, -0.2) is 27.5 Å². The first-order valence-corrected chi connectivity index (χ1v) is 7.69. The van der Waals surface area contributed by atoms with Crippen LogP contribution in [0.2, 0.25) is 0 Å². The Bertz CT molecular complexity index is 704. The Balaban J connectivity index is 2.20. The monoisotopic (exact) mass is 322 g/mol. The third-order valence-electron chi connectivity index (χ3n) is 3.71. The third kappa shape index (κ3) is 3.04. The van der Waals surface area contributed by atoms with Crippen molar-refractivity contribution in [1.29, 1.82) is 0 Å². The second-order valence-electron chi connectivity index (χ2n) is 5.57. The first kappa shape index (κ1) is 16.2. The molecule has 0 saturated heterocycles. The van der Waals surface area contributed by atoms with Gasteiger partial charge in [-0.15, -0.1) is 11.3 Å². The summed E-state index contributed by atoms with van der Waals surface area (Å²) in [5.74, 6) is -1.34. The van der Waals surface area contributed by atoms with Gasteiger partial charge in [-0.25, -0.2) is 9.78 Å². The normalized spacial score (nSPS) is 13.9. The Morgan fingerprint density at radius 3 is 2.64 bits per heavy atom. The van der Waals surface area contributed by atoms with Crippen molar-refractivity contribution in [2.24, 2.45) is 5.92 Å². The molecule has 6 nitrogen and oxygen atoms in total. The van der Waals surface area contributed by atoms with E-state index in [4.69, 9.17) is 4.42 Å². The van der Waals surface area contributed by atoms with Crippen LogP contribution in [0.5, 0.6) is 0 Å². The van der Waals surface area contributed by atoms with Crippen LogP contribution in [0.4, 0.5) is 0 Å². The molecule has 2 heterocycles. The van der Waals surface area contributed by atoms with Crippen LogP contribution in [0.3, 0.4) is 0 Å². The van der Waals surface area contributed by atoms with Crippen molar-refractivity contribution in [3.05, 3.63) is 28.3 Å². The lowest BCUT2D eigenvalue weighted by Gasteiger charge is -2.29. The molecule has 118 valence electrons. The van der Waals surface area contributed by atoms with Crippen LogP contribution in [0, 0.1) is 12.8 Å². The molecule has 2 N–H and O–H groups in total. The lowest BCUT2D eigenvalue weighted by atomic mass is 9.88. The summed E-state index contributed by atoms with van der Waals surface area (Å²) in [6.45, 7) is 6.86. The van der Waals surface area contributed by atoms with Gasteiger partial charge in [-0.1, -0.05) is 13.8 Å². The standard InChI is InChI=1S/C15H18N2O4S/c1-8(2)15(4,14(19)20)17-13(18)10-5-12(21-6-10)11-7-22-9(3)16-11/h5-8H,1-4H3,(H,17,18)(H,19,20).